The van der Waals surface area contributed by atoms with E-state index in [0.717, 1.165) is 10.0 Å². The molecule has 2 aromatic carbocycles. The number of carbonyl (C=O) groups is 2. The number of nitrogens with one attached hydrogen (secondary N) is 3. The van der Waals surface area contributed by atoms with Crippen molar-refractivity contribution in [1.29, 1.82) is 0 Å². The zero-order valence-electron chi connectivity index (χ0n) is 17.2. The number of amides is 2. The van der Waals surface area contributed by atoms with Crippen molar-refractivity contribution < 1.29 is 18.0 Å². The van der Waals surface area contributed by atoms with Gasteiger partial charge in [-0.1, -0.05) is 45.0 Å². The van der Waals surface area contributed by atoms with E-state index >= 15 is 0 Å². The normalized spacial score (nSPS) is 11.7. The van der Waals surface area contributed by atoms with Crippen molar-refractivity contribution in [3.63, 3.8) is 0 Å². The summed E-state index contributed by atoms with van der Waals surface area (Å²) in [5, 5.41) is 5.14. The maximum atomic E-state index is 12.4. The van der Waals surface area contributed by atoms with Crippen LogP contribution in [0.1, 0.15) is 32.8 Å². The Morgan fingerprint density at radius 1 is 0.967 bits per heavy atom. The Morgan fingerprint density at radius 3 is 2.20 bits per heavy atom. The van der Waals surface area contributed by atoms with E-state index in [1.165, 1.54) is 0 Å². The summed E-state index contributed by atoms with van der Waals surface area (Å²) in [7, 11) is -3.71. The second-order valence-electron chi connectivity index (χ2n) is 7.73. The van der Waals surface area contributed by atoms with Crippen LogP contribution >= 0.6 is 15.9 Å². The summed E-state index contributed by atoms with van der Waals surface area (Å²) in [6, 6.07) is 13.8. The number of anilines is 1. The molecule has 2 aromatic rings. The van der Waals surface area contributed by atoms with Gasteiger partial charge in [0.05, 0.1) is 17.1 Å². The molecule has 9 heteroatoms. The summed E-state index contributed by atoms with van der Waals surface area (Å²) in [4.78, 5) is 24.0. The minimum atomic E-state index is -3.71. The van der Waals surface area contributed by atoms with Crippen LogP contribution in [0, 0.1) is 0 Å². The maximum Gasteiger partial charge on any atom is 0.243 e. The molecule has 0 aliphatic heterocycles. The highest BCUT2D eigenvalue weighted by molar-refractivity contribution is 9.10. The molecular weight excluding hydrogens is 470 g/mol. The first-order chi connectivity index (χ1) is 14.0. The molecule has 0 aromatic heterocycles. The highest BCUT2D eigenvalue weighted by atomic mass is 79.9. The van der Waals surface area contributed by atoms with E-state index in [1.54, 1.807) is 42.5 Å². The van der Waals surface area contributed by atoms with Gasteiger partial charge < -0.3 is 10.6 Å². The number of hydrogen-bond acceptors (Lipinski definition) is 4. The third-order valence-corrected chi connectivity index (χ3v) is 6.44. The standard InChI is InChI=1S/C21H26BrN3O4S/c1-21(2,3)15-8-10-16(11-9-15)30(28,29)24-13-12-19(26)23-14-20(27)25-18-7-5-4-6-17(18)22/h4-11,24H,12-14H2,1-3H3,(H,23,26)(H,25,27). The Labute approximate surface area is 185 Å². The Hall–Kier alpha value is -2.23. The molecule has 2 amide bonds. The number of para-hydroxylation sites is 1. The van der Waals surface area contributed by atoms with Crippen molar-refractivity contribution >= 4 is 43.5 Å². The van der Waals surface area contributed by atoms with Crippen molar-refractivity contribution in [3.05, 3.63) is 58.6 Å². The highest BCUT2D eigenvalue weighted by Crippen LogP contribution is 2.23. The van der Waals surface area contributed by atoms with Gasteiger partial charge in [0.1, 0.15) is 0 Å². The van der Waals surface area contributed by atoms with Crippen LogP contribution in [0.5, 0.6) is 0 Å². The van der Waals surface area contributed by atoms with Crippen LogP contribution in [-0.2, 0) is 25.0 Å². The van der Waals surface area contributed by atoms with E-state index in [-0.39, 0.29) is 35.7 Å². The van der Waals surface area contributed by atoms with E-state index < -0.39 is 15.9 Å². The molecular formula is C21H26BrN3O4S. The predicted octanol–water partition coefficient (Wildman–Crippen LogP) is 3.17. The number of halogens is 1. The summed E-state index contributed by atoms with van der Waals surface area (Å²) < 4.78 is 27.9. The largest absolute Gasteiger partial charge is 0.347 e. The molecule has 0 saturated heterocycles. The van der Waals surface area contributed by atoms with Crippen molar-refractivity contribution in [2.24, 2.45) is 0 Å². The van der Waals surface area contributed by atoms with E-state index in [1.807, 2.05) is 26.8 Å². The fourth-order valence-electron chi connectivity index (χ4n) is 2.54. The molecule has 2 rings (SSSR count). The minimum absolute atomic E-state index is 0.0684. The van der Waals surface area contributed by atoms with Crippen LogP contribution < -0.4 is 15.4 Å². The maximum absolute atomic E-state index is 12.4. The first-order valence-electron chi connectivity index (χ1n) is 9.40. The number of sulfonamides is 1. The third kappa shape index (κ3) is 7.23. The van der Waals surface area contributed by atoms with Crippen LogP contribution in [0.25, 0.3) is 0 Å². The van der Waals surface area contributed by atoms with Gasteiger partial charge in [-0.15, -0.1) is 0 Å². The lowest BCUT2D eigenvalue weighted by Gasteiger charge is -2.19. The molecule has 0 aliphatic carbocycles. The Kier molecular flexibility index (Phi) is 8.17. The van der Waals surface area contributed by atoms with Crippen molar-refractivity contribution in [1.82, 2.24) is 10.0 Å². The van der Waals surface area contributed by atoms with Gasteiger partial charge >= 0.3 is 0 Å². The van der Waals surface area contributed by atoms with Gasteiger partial charge in [0.25, 0.3) is 0 Å². The molecule has 0 unspecified atom stereocenters. The first-order valence-corrected chi connectivity index (χ1v) is 11.7. The first kappa shape index (κ1) is 24.0. The molecule has 30 heavy (non-hydrogen) atoms. The zero-order chi connectivity index (χ0) is 22.4. The molecule has 3 N–H and O–H groups in total. The number of rotatable bonds is 8. The van der Waals surface area contributed by atoms with Gasteiger partial charge in [0, 0.05) is 17.4 Å². The lowest BCUT2D eigenvalue weighted by molar-refractivity contribution is -0.124. The second kappa shape index (κ2) is 10.2. The predicted molar refractivity (Wildman–Crippen MR) is 121 cm³/mol. The summed E-state index contributed by atoms with van der Waals surface area (Å²) in [5.74, 6) is -0.808. The SMILES string of the molecule is CC(C)(C)c1ccc(S(=O)(=O)NCCC(=O)NCC(=O)Nc2ccccc2Br)cc1. The van der Waals surface area contributed by atoms with E-state index in [4.69, 9.17) is 0 Å². The topological polar surface area (TPSA) is 104 Å². The summed E-state index contributed by atoms with van der Waals surface area (Å²) in [5.41, 5.74) is 1.56. The Balaban J connectivity index is 1.78. The number of benzene rings is 2. The smallest absolute Gasteiger partial charge is 0.243 e. The van der Waals surface area contributed by atoms with Crippen molar-refractivity contribution in [3.8, 4) is 0 Å². The van der Waals surface area contributed by atoms with Gasteiger partial charge in [-0.05, 0) is 51.2 Å². The van der Waals surface area contributed by atoms with E-state index in [2.05, 4.69) is 31.3 Å². The van der Waals surface area contributed by atoms with Gasteiger partial charge in [0.15, 0.2) is 0 Å². The van der Waals surface area contributed by atoms with Crippen LogP contribution in [0.4, 0.5) is 5.69 Å². The Morgan fingerprint density at radius 2 is 1.60 bits per heavy atom. The monoisotopic (exact) mass is 495 g/mol. The van der Waals surface area contributed by atoms with Gasteiger partial charge in [-0.2, -0.15) is 0 Å². The van der Waals surface area contributed by atoms with Crippen LogP contribution in [0.15, 0.2) is 57.9 Å². The molecule has 0 radical (unpaired) electrons. The molecule has 0 saturated carbocycles. The molecule has 0 bridgehead atoms. The molecule has 0 heterocycles. The summed E-state index contributed by atoms with van der Waals surface area (Å²) in [6.45, 7) is 5.87. The molecule has 7 nitrogen and oxygen atoms in total. The fourth-order valence-corrected chi connectivity index (χ4v) is 3.96. The summed E-state index contributed by atoms with van der Waals surface area (Å²) >= 11 is 3.32. The lowest BCUT2D eigenvalue weighted by atomic mass is 9.87. The van der Waals surface area contributed by atoms with Crippen molar-refractivity contribution in [2.75, 3.05) is 18.4 Å². The fraction of sp³-hybridized carbons (Fsp3) is 0.333. The molecule has 0 fully saturated rings. The van der Waals surface area contributed by atoms with E-state index in [0.29, 0.717) is 5.69 Å². The molecule has 0 aliphatic rings. The van der Waals surface area contributed by atoms with Crippen LogP contribution in [0.3, 0.4) is 0 Å². The Bertz CT molecular complexity index is 1000. The van der Waals surface area contributed by atoms with Crippen LogP contribution in [-0.4, -0.2) is 33.3 Å². The lowest BCUT2D eigenvalue weighted by Crippen LogP contribution is -2.35. The third-order valence-electron chi connectivity index (χ3n) is 4.27. The average Bonchev–Trinajstić information content (AvgIpc) is 2.67. The number of carbonyl (C=O) groups excluding carboxylic acids is 2. The molecule has 162 valence electrons. The van der Waals surface area contributed by atoms with E-state index in [9.17, 15) is 18.0 Å². The molecule has 0 atom stereocenters. The van der Waals surface area contributed by atoms with Crippen LogP contribution in [0.2, 0.25) is 0 Å². The second-order valence-corrected chi connectivity index (χ2v) is 10.3. The van der Waals surface area contributed by atoms with Gasteiger partial charge in [0.2, 0.25) is 21.8 Å². The quantitative estimate of drug-likeness (QED) is 0.522. The minimum Gasteiger partial charge on any atom is -0.347 e. The van der Waals surface area contributed by atoms with Gasteiger partial charge in [-0.25, -0.2) is 13.1 Å². The average molecular weight is 496 g/mol. The number of hydrogen-bond donors (Lipinski definition) is 3. The molecule has 0 spiro atoms. The van der Waals surface area contributed by atoms with Gasteiger partial charge in [-0.3, -0.25) is 9.59 Å². The van der Waals surface area contributed by atoms with Crippen molar-refractivity contribution in [2.45, 2.75) is 37.5 Å². The highest BCUT2D eigenvalue weighted by Gasteiger charge is 2.17. The summed E-state index contributed by atoms with van der Waals surface area (Å²) in [6.07, 6.45) is -0.0817. The zero-order valence-corrected chi connectivity index (χ0v) is 19.6.